The van der Waals surface area contributed by atoms with Crippen LogP contribution in [-0.2, 0) is 6.54 Å². The molecule has 1 N–H and O–H groups in total. The van der Waals surface area contributed by atoms with E-state index in [-0.39, 0.29) is 11.2 Å². The molecule has 0 radical (unpaired) electrons. The lowest BCUT2D eigenvalue weighted by Gasteiger charge is -2.11. The molecule has 0 aliphatic rings. The van der Waals surface area contributed by atoms with Crippen molar-refractivity contribution in [3.63, 3.8) is 0 Å². The number of aliphatic imine (C=N–C) groups is 1. The lowest BCUT2D eigenvalue weighted by atomic mass is 10.2. The van der Waals surface area contributed by atoms with E-state index in [2.05, 4.69) is 15.3 Å². The van der Waals surface area contributed by atoms with Gasteiger partial charge in [0.05, 0.1) is 11.5 Å². The third-order valence-electron chi connectivity index (χ3n) is 4.76. The van der Waals surface area contributed by atoms with Gasteiger partial charge in [-0.3, -0.25) is 24.3 Å². The molecule has 4 rings (SSSR count). The Kier molecular flexibility index (Phi) is 5.53. The molecule has 0 aliphatic carbocycles. The summed E-state index contributed by atoms with van der Waals surface area (Å²) in [5, 5.41) is 14.0. The normalized spacial score (nSPS) is 11.1. The van der Waals surface area contributed by atoms with Crippen molar-refractivity contribution < 1.29 is 4.92 Å². The molecule has 4 aromatic rings. The minimum absolute atomic E-state index is 0.0161. The molecule has 2 aromatic carbocycles. The number of aromatic nitrogens is 2. The summed E-state index contributed by atoms with van der Waals surface area (Å²) in [6.07, 6.45) is 3.19. The van der Waals surface area contributed by atoms with Gasteiger partial charge >= 0.3 is 0 Å². The zero-order valence-corrected chi connectivity index (χ0v) is 16.7. The van der Waals surface area contributed by atoms with Crippen LogP contribution in [0.25, 0.3) is 5.65 Å². The van der Waals surface area contributed by atoms with Crippen molar-refractivity contribution in [3.05, 3.63) is 110 Å². The minimum atomic E-state index is -0.463. The number of benzene rings is 2. The van der Waals surface area contributed by atoms with Crippen molar-refractivity contribution in [1.82, 2.24) is 9.38 Å². The van der Waals surface area contributed by atoms with Gasteiger partial charge in [0.1, 0.15) is 17.0 Å². The predicted molar refractivity (Wildman–Crippen MR) is 120 cm³/mol. The smallest absolute Gasteiger partial charge is 0.269 e. The van der Waals surface area contributed by atoms with Crippen LogP contribution in [0.4, 0.5) is 17.2 Å². The van der Waals surface area contributed by atoms with Crippen molar-refractivity contribution >= 4 is 29.1 Å². The van der Waals surface area contributed by atoms with Gasteiger partial charge in [0.25, 0.3) is 11.2 Å². The van der Waals surface area contributed by atoms with Crippen molar-refractivity contribution in [3.8, 4) is 0 Å². The summed E-state index contributed by atoms with van der Waals surface area (Å²) in [4.78, 5) is 32.7. The number of fused-ring (bicyclic) bond motifs is 1. The average Bonchev–Trinajstić information content (AvgIpc) is 2.78. The van der Waals surface area contributed by atoms with Crippen molar-refractivity contribution in [1.29, 1.82) is 0 Å². The van der Waals surface area contributed by atoms with Crippen molar-refractivity contribution in [2.24, 2.45) is 4.99 Å². The molecule has 0 amide bonds. The molecule has 31 heavy (non-hydrogen) atoms. The maximum absolute atomic E-state index is 13.2. The molecule has 0 bridgehead atoms. The fourth-order valence-corrected chi connectivity index (χ4v) is 3.15. The largest absolute Gasteiger partial charge is 0.339 e. The number of non-ortho nitro benzene ring substituents is 1. The highest BCUT2D eigenvalue weighted by Gasteiger charge is 2.13. The summed E-state index contributed by atoms with van der Waals surface area (Å²) in [6.45, 7) is 2.30. The zero-order chi connectivity index (χ0) is 21.8. The minimum Gasteiger partial charge on any atom is -0.339 e. The lowest BCUT2D eigenvalue weighted by molar-refractivity contribution is -0.384. The van der Waals surface area contributed by atoms with Gasteiger partial charge in [-0.2, -0.15) is 0 Å². The van der Waals surface area contributed by atoms with Gasteiger partial charge in [0, 0.05) is 30.2 Å². The van der Waals surface area contributed by atoms with Gasteiger partial charge in [-0.25, -0.2) is 4.98 Å². The predicted octanol–water partition coefficient (Wildman–Crippen LogP) is 4.27. The lowest BCUT2D eigenvalue weighted by Crippen LogP contribution is -2.22. The third kappa shape index (κ3) is 4.32. The number of nitro groups is 1. The summed E-state index contributed by atoms with van der Waals surface area (Å²) in [5.74, 6) is 0.338. The highest BCUT2D eigenvalue weighted by atomic mass is 16.6. The van der Waals surface area contributed by atoms with E-state index in [0.29, 0.717) is 29.3 Å². The first-order valence-electron chi connectivity index (χ1n) is 9.60. The first-order chi connectivity index (χ1) is 15.0. The molecular weight excluding hydrogens is 394 g/mol. The van der Waals surface area contributed by atoms with E-state index < -0.39 is 4.92 Å². The maximum Gasteiger partial charge on any atom is 0.269 e. The molecule has 2 aromatic heterocycles. The Balaban J connectivity index is 1.76. The molecule has 2 heterocycles. The maximum atomic E-state index is 13.2. The first kappa shape index (κ1) is 20.0. The Morgan fingerprint density at radius 2 is 1.84 bits per heavy atom. The Morgan fingerprint density at radius 1 is 1.10 bits per heavy atom. The molecule has 0 unspecified atom stereocenters. The third-order valence-corrected chi connectivity index (χ3v) is 4.76. The molecule has 8 heteroatoms. The molecule has 154 valence electrons. The van der Waals surface area contributed by atoms with E-state index in [0.717, 1.165) is 11.1 Å². The standard InChI is InChI=1S/C23H19N5O3/c1-16-6-5-13-27-22(16)26-21(25-18-9-11-19(12-10-18)28(30)31)20(23(27)29)15-24-14-17-7-3-2-4-8-17/h2-13,15,25H,14H2,1H3. The Bertz CT molecular complexity index is 1330. The van der Waals surface area contributed by atoms with Crippen LogP contribution >= 0.6 is 0 Å². The van der Waals surface area contributed by atoms with Gasteiger partial charge in [-0.1, -0.05) is 36.4 Å². The van der Waals surface area contributed by atoms with Crippen LogP contribution in [0, 0.1) is 17.0 Å². The molecule has 0 saturated carbocycles. The summed E-state index contributed by atoms with van der Waals surface area (Å²) >= 11 is 0. The monoisotopic (exact) mass is 413 g/mol. The molecular formula is C23H19N5O3. The second-order valence-electron chi connectivity index (χ2n) is 6.95. The highest BCUT2D eigenvalue weighted by molar-refractivity contribution is 5.88. The van der Waals surface area contributed by atoms with Crippen LogP contribution in [0.5, 0.6) is 0 Å². The topological polar surface area (TPSA) is 102 Å². The van der Waals surface area contributed by atoms with Crippen LogP contribution in [0.1, 0.15) is 16.7 Å². The fraction of sp³-hybridized carbons (Fsp3) is 0.0870. The molecule has 0 atom stereocenters. The number of pyridine rings is 1. The van der Waals surface area contributed by atoms with E-state index in [4.69, 9.17) is 0 Å². The summed E-state index contributed by atoms with van der Waals surface area (Å²) in [6, 6.07) is 19.3. The van der Waals surface area contributed by atoms with Gasteiger partial charge in [0.2, 0.25) is 0 Å². The molecule has 0 saturated heterocycles. The van der Waals surface area contributed by atoms with E-state index in [9.17, 15) is 14.9 Å². The van der Waals surface area contributed by atoms with Gasteiger partial charge in [-0.15, -0.1) is 0 Å². The average molecular weight is 413 g/mol. The van der Waals surface area contributed by atoms with Crippen molar-refractivity contribution in [2.75, 3.05) is 5.32 Å². The quantitative estimate of drug-likeness (QED) is 0.289. The summed E-state index contributed by atoms with van der Waals surface area (Å²) < 4.78 is 1.49. The number of hydrogen-bond acceptors (Lipinski definition) is 6. The van der Waals surface area contributed by atoms with Crippen LogP contribution in [0.2, 0.25) is 0 Å². The summed E-state index contributed by atoms with van der Waals surface area (Å²) in [7, 11) is 0. The number of nitro benzene ring substituents is 1. The summed E-state index contributed by atoms with van der Waals surface area (Å²) in [5.41, 5.74) is 3.00. The highest BCUT2D eigenvalue weighted by Crippen LogP contribution is 2.21. The molecule has 0 spiro atoms. The molecule has 0 aliphatic heterocycles. The molecule has 0 fully saturated rings. The molecule has 8 nitrogen and oxygen atoms in total. The number of aryl methyl sites for hydroxylation is 1. The van der Waals surface area contributed by atoms with E-state index in [1.165, 1.54) is 22.7 Å². The fourth-order valence-electron chi connectivity index (χ4n) is 3.15. The van der Waals surface area contributed by atoms with Crippen LogP contribution < -0.4 is 10.9 Å². The van der Waals surface area contributed by atoms with E-state index in [1.54, 1.807) is 24.4 Å². The van der Waals surface area contributed by atoms with Crippen LogP contribution in [0.3, 0.4) is 0 Å². The van der Waals surface area contributed by atoms with Gasteiger partial charge in [-0.05, 0) is 36.2 Å². The Labute approximate surface area is 177 Å². The number of nitrogens with zero attached hydrogens (tertiary/aromatic N) is 4. The first-order valence-corrected chi connectivity index (χ1v) is 9.60. The van der Waals surface area contributed by atoms with Crippen LogP contribution in [-0.4, -0.2) is 20.5 Å². The number of anilines is 2. The van der Waals surface area contributed by atoms with Gasteiger partial charge in [0.15, 0.2) is 0 Å². The second kappa shape index (κ2) is 8.58. The number of nitrogens with one attached hydrogen (secondary N) is 1. The Hall–Kier alpha value is -4.33. The number of hydrogen-bond donors (Lipinski definition) is 1. The van der Waals surface area contributed by atoms with Gasteiger partial charge < -0.3 is 5.32 Å². The zero-order valence-electron chi connectivity index (χ0n) is 16.7. The van der Waals surface area contributed by atoms with E-state index >= 15 is 0 Å². The second-order valence-corrected chi connectivity index (χ2v) is 6.95. The SMILES string of the molecule is Cc1cccn2c(=O)c(C=NCc3ccccc3)c(Nc3ccc([N+](=O)[O-])cc3)nc12. The number of rotatable bonds is 6. The van der Waals surface area contributed by atoms with Crippen LogP contribution in [0.15, 0.2) is 82.7 Å². The van der Waals surface area contributed by atoms with Crippen molar-refractivity contribution in [2.45, 2.75) is 13.5 Å². The Morgan fingerprint density at radius 3 is 2.55 bits per heavy atom. The van der Waals surface area contributed by atoms with E-state index in [1.807, 2.05) is 43.3 Å².